The number of carbonyl (C=O) groups excluding carboxylic acids is 2. The Morgan fingerprint density at radius 2 is 1.90 bits per heavy atom. The number of carbonyl (C=O) groups is 2. The van der Waals surface area contributed by atoms with Crippen molar-refractivity contribution in [3.05, 3.63) is 65.7 Å². The lowest BCUT2D eigenvalue weighted by Crippen LogP contribution is -2.20. The molecule has 1 heterocycles. The van der Waals surface area contributed by atoms with Gasteiger partial charge in [0.25, 0.3) is 15.9 Å². The number of anilines is 2. The highest BCUT2D eigenvalue weighted by atomic mass is 32.2. The molecule has 0 unspecified atom stereocenters. The fraction of sp³-hybridized carbons (Fsp3) is 0.105. The van der Waals surface area contributed by atoms with Gasteiger partial charge in [-0.1, -0.05) is 12.1 Å². The normalized spacial score (nSPS) is 10.9. The van der Waals surface area contributed by atoms with Crippen LogP contribution in [0.5, 0.6) is 5.75 Å². The quantitative estimate of drug-likeness (QED) is 0.530. The maximum Gasteiger partial charge on any atom is 0.263 e. The minimum Gasteiger partial charge on any atom is -0.484 e. The van der Waals surface area contributed by atoms with Gasteiger partial charge in [-0.3, -0.25) is 14.3 Å². The van der Waals surface area contributed by atoms with Crippen molar-refractivity contribution in [1.82, 2.24) is 4.98 Å². The summed E-state index contributed by atoms with van der Waals surface area (Å²) in [7, 11) is -3.75. The van der Waals surface area contributed by atoms with Gasteiger partial charge in [-0.2, -0.15) is 0 Å². The fourth-order valence-corrected chi connectivity index (χ4v) is 4.10. The number of rotatable bonds is 8. The summed E-state index contributed by atoms with van der Waals surface area (Å²) < 4.78 is 32.3. The van der Waals surface area contributed by atoms with Gasteiger partial charge in [-0.25, -0.2) is 13.4 Å². The predicted molar refractivity (Wildman–Crippen MR) is 110 cm³/mol. The highest BCUT2D eigenvalue weighted by molar-refractivity contribution is 7.93. The molecular formula is C19H17N3O5S2. The van der Waals surface area contributed by atoms with Crippen LogP contribution in [0.25, 0.3) is 0 Å². The molecule has 29 heavy (non-hydrogen) atoms. The molecule has 3 aromatic rings. The maximum atomic E-state index is 12.3. The largest absolute Gasteiger partial charge is 0.484 e. The second-order valence-corrected chi connectivity index (χ2v) is 8.46. The number of hydrogen-bond donors (Lipinski definition) is 2. The third kappa shape index (κ3) is 5.62. The van der Waals surface area contributed by atoms with Gasteiger partial charge < -0.3 is 10.1 Å². The van der Waals surface area contributed by atoms with Crippen molar-refractivity contribution < 1.29 is 22.7 Å². The summed E-state index contributed by atoms with van der Waals surface area (Å²) in [6.07, 6.45) is 1.50. The van der Waals surface area contributed by atoms with Gasteiger partial charge in [0.15, 0.2) is 17.5 Å². The monoisotopic (exact) mass is 431 g/mol. The summed E-state index contributed by atoms with van der Waals surface area (Å²) in [5.74, 6) is -0.114. The van der Waals surface area contributed by atoms with Crippen LogP contribution in [-0.2, 0) is 14.8 Å². The average molecular weight is 431 g/mol. The van der Waals surface area contributed by atoms with E-state index in [1.54, 1.807) is 29.6 Å². The van der Waals surface area contributed by atoms with Crippen molar-refractivity contribution in [1.29, 1.82) is 0 Å². The van der Waals surface area contributed by atoms with E-state index in [0.717, 1.165) is 0 Å². The zero-order valence-corrected chi connectivity index (χ0v) is 16.9. The van der Waals surface area contributed by atoms with Gasteiger partial charge in [-0.15, -0.1) is 11.3 Å². The highest BCUT2D eigenvalue weighted by Gasteiger charge is 2.15. The van der Waals surface area contributed by atoms with Crippen molar-refractivity contribution in [3.63, 3.8) is 0 Å². The Morgan fingerprint density at radius 3 is 2.55 bits per heavy atom. The number of aromatic nitrogens is 1. The lowest BCUT2D eigenvalue weighted by atomic mass is 10.1. The fourth-order valence-electron chi connectivity index (χ4n) is 2.32. The van der Waals surface area contributed by atoms with Crippen LogP contribution < -0.4 is 14.8 Å². The van der Waals surface area contributed by atoms with E-state index in [9.17, 15) is 18.0 Å². The molecular weight excluding hydrogens is 414 g/mol. The number of nitrogens with zero attached hydrogens (tertiary/aromatic N) is 1. The minimum absolute atomic E-state index is 0.0444. The van der Waals surface area contributed by atoms with E-state index in [1.165, 1.54) is 48.7 Å². The molecule has 3 rings (SSSR count). The summed E-state index contributed by atoms with van der Waals surface area (Å²) in [4.78, 5) is 27.4. The Hall–Kier alpha value is -3.24. The SMILES string of the molecule is CC(=O)c1cccc(OCC(=O)Nc2ccc(S(=O)(=O)Nc3nccs3)cc2)c1. The lowest BCUT2D eigenvalue weighted by Gasteiger charge is -2.09. The van der Waals surface area contributed by atoms with Crippen LogP contribution >= 0.6 is 11.3 Å². The molecule has 1 aromatic heterocycles. The number of Topliss-reactive ketones (excluding diaryl/α,β-unsaturated/α-hetero) is 1. The molecule has 0 aliphatic carbocycles. The molecule has 0 saturated carbocycles. The smallest absolute Gasteiger partial charge is 0.263 e. The Labute approximate surface area is 171 Å². The van der Waals surface area contributed by atoms with Crippen molar-refractivity contribution in [3.8, 4) is 5.75 Å². The Morgan fingerprint density at radius 1 is 1.14 bits per heavy atom. The van der Waals surface area contributed by atoms with Crippen LogP contribution in [0.2, 0.25) is 0 Å². The van der Waals surface area contributed by atoms with E-state index >= 15 is 0 Å². The van der Waals surface area contributed by atoms with Crippen molar-refractivity contribution in [2.24, 2.45) is 0 Å². The van der Waals surface area contributed by atoms with Gasteiger partial charge in [0.05, 0.1) is 4.90 Å². The number of ketones is 1. The van der Waals surface area contributed by atoms with E-state index < -0.39 is 15.9 Å². The molecule has 0 bridgehead atoms. The zero-order chi connectivity index (χ0) is 20.9. The molecule has 0 spiro atoms. The third-order valence-corrected chi connectivity index (χ3v) is 5.89. The summed E-state index contributed by atoms with van der Waals surface area (Å²) in [6.45, 7) is 1.19. The second kappa shape index (κ2) is 8.84. The maximum absolute atomic E-state index is 12.3. The van der Waals surface area contributed by atoms with E-state index in [1.807, 2.05) is 0 Å². The first kappa shape index (κ1) is 20.5. The van der Waals surface area contributed by atoms with Crippen LogP contribution in [0, 0.1) is 0 Å². The Kier molecular flexibility index (Phi) is 6.25. The van der Waals surface area contributed by atoms with Crippen LogP contribution in [-0.4, -0.2) is 31.7 Å². The lowest BCUT2D eigenvalue weighted by molar-refractivity contribution is -0.118. The first-order valence-corrected chi connectivity index (χ1v) is 10.8. The molecule has 2 N–H and O–H groups in total. The predicted octanol–water partition coefficient (Wildman–Crippen LogP) is 3.16. The molecule has 150 valence electrons. The second-order valence-electron chi connectivity index (χ2n) is 5.89. The molecule has 10 heteroatoms. The van der Waals surface area contributed by atoms with E-state index in [4.69, 9.17) is 4.74 Å². The topological polar surface area (TPSA) is 114 Å². The molecule has 0 aliphatic rings. The first-order chi connectivity index (χ1) is 13.8. The highest BCUT2D eigenvalue weighted by Crippen LogP contribution is 2.20. The number of thiazole rings is 1. The zero-order valence-electron chi connectivity index (χ0n) is 15.3. The Balaban J connectivity index is 1.57. The summed E-state index contributed by atoms with van der Waals surface area (Å²) in [5, 5.41) is 4.55. The van der Waals surface area contributed by atoms with E-state index in [-0.39, 0.29) is 22.4 Å². The average Bonchev–Trinajstić information content (AvgIpc) is 3.19. The van der Waals surface area contributed by atoms with Crippen LogP contribution in [0.3, 0.4) is 0 Å². The Bertz CT molecular complexity index is 1110. The summed E-state index contributed by atoms with van der Waals surface area (Å²) >= 11 is 1.17. The van der Waals surface area contributed by atoms with Crippen LogP contribution in [0.1, 0.15) is 17.3 Å². The molecule has 8 nitrogen and oxygen atoms in total. The molecule has 0 aliphatic heterocycles. The van der Waals surface area contributed by atoms with Crippen molar-refractivity contribution >= 4 is 43.9 Å². The van der Waals surface area contributed by atoms with Gasteiger partial charge in [0.1, 0.15) is 5.75 Å². The minimum atomic E-state index is -3.75. The third-order valence-electron chi connectivity index (χ3n) is 3.71. The van der Waals surface area contributed by atoms with Gasteiger partial charge in [0, 0.05) is 22.8 Å². The first-order valence-electron chi connectivity index (χ1n) is 8.39. The van der Waals surface area contributed by atoms with Crippen molar-refractivity contribution in [2.75, 3.05) is 16.6 Å². The number of amides is 1. The summed E-state index contributed by atoms with van der Waals surface area (Å²) in [5.41, 5.74) is 0.912. The molecule has 0 saturated heterocycles. The molecule has 0 radical (unpaired) electrons. The number of nitrogens with one attached hydrogen (secondary N) is 2. The van der Waals surface area contributed by atoms with E-state index in [0.29, 0.717) is 17.0 Å². The summed E-state index contributed by atoms with van der Waals surface area (Å²) in [6, 6.07) is 12.2. The van der Waals surface area contributed by atoms with Gasteiger partial charge >= 0.3 is 0 Å². The van der Waals surface area contributed by atoms with E-state index in [2.05, 4.69) is 15.0 Å². The van der Waals surface area contributed by atoms with Gasteiger partial charge in [0.2, 0.25) is 0 Å². The van der Waals surface area contributed by atoms with Crippen LogP contribution in [0.15, 0.2) is 65.0 Å². The molecule has 0 atom stereocenters. The van der Waals surface area contributed by atoms with Gasteiger partial charge in [-0.05, 0) is 43.3 Å². The number of hydrogen-bond acceptors (Lipinski definition) is 7. The standard InChI is InChI=1S/C19H17N3O5S2/c1-13(23)14-3-2-4-16(11-14)27-12-18(24)21-15-5-7-17(8-6-15)29(25,26)22-19-20-9-10-28-19/h2-11H,12H2,1H3,(H,20,22)(H,21,24). The molecule has 1 amide bonds. The van der Waals surface area contributed by atoms with Crippen molar-refractivity contribution in [2.45, 2.75) is 11.8 Å². The van der Waals surface area contributed by atoms with Crippen LogP contribution in [0.4, 0.5) is 10.8 Å². The number of sulfonamides is 1. The molecule has 2 aromatic carbocycles. The number of ether oxygens (including phenoxy) is 1. The number of benzene rings is 2. The molecule has 0 fully saturated rings.